The van der Waals surface area contributed by atoms with Crippen molar-refractivity contribution in [2.75, 3.05) is 36.5 Å². The molecule has 2 saturated heterocycles. The van der Waals surface area contributed by atoms with Crippen molar-refractivity contribution < 1.29 is 4.74 Å². The van der Waals surface area contributed by atoms with Crippen molar-refractivity contribution in [3.05, 3.63) is 12.3 Å². The Morgan fingerprint density at radius 2 is 2.39 bits per heavy atom. The molecule has 5 nitrogen and oxygen atoms in total. The summed E-state index contributed by atoms with van der Waals surface area (Å²) >= 11 is 1.82. The standard InChI is InChI=1S/C12H19AsN4O/c13-9-7-17(8-9)11-3-4-14-12(16-11)15-6-10-2-1-5-18-10/h3-4,9-10H,1-2,5-8,13H2,(H,14,15,16). The van der Waals surface area contributed by atoms with Gasteiger partial charge in [0.15, 0.2) is 0 Å². The summed E-state index contributed by atoms with van der Waals surface area (Å²) in [6.45, 7) is 3.95. The molecule has 1 N–H and O–H groups in total. The third-order valence-corrected chi connectivity index (χ3v) is 4.27. The van der Waals surface area contributed by atoms with E-state index in [9.17, 15) is 0 Å². The van der Waals surface area contributed by atoms with Gasteiger partial charge in [-0.3, -0.25) is 0 Å². The van der Waals surface area contributed by atoms with Crippen molar-refractivity contribution in [3.63, 3.8) is 0 Å². The fourth-order valence-electron chi connectivity index (χ4n) is 2.32. The Balaban J connectivity index is 1.56. The molecule has 2 aliphatic heterocycles. The van der Waals surface area contributed by atoms with Gasteiger partial charge in [0.2, 0.25) is 0 Å². The van der Waals surface area contributed by atoms with E-state index in [1.807, 2.05) is 29.1 Å². The molecule has 1 aromatic heterocycles. The van der Waals surface area contributed by atoms with Gasteiger partial charge in [-0.05, 0) is 0 Å². The summed E-state index contributed by atoms with van der Waals surface area (Å²) < 4.78 is 6.42. The fraction of sp³-hybridized carbons (Fsp3) is 0.667. The predicted octanol–water partition coefficient (Wildman–Crippen LogP) is 0.309. The van der Waals surface area contributed by atoms with E-state index in [-0.39, 0.29) is 0 Å². The van der Waals surface area contributed by atoms with Gasteiger partial charge in [0.25, 0.3) is 0 Å². The number of hydrogen-bond donors (Lipinski definition) is 1. The summed E-state index contributed by atoms with van der Waals surface area (Å²) in [6.07, 6.45) is 4.46. The third-order valence-electron chi connectivity index (χ3n) is 3.39. The first kappa shape index (κ1) is 12.2. The van der Waals surface area contributed by atoms with Crippen LogP contribution in [0, 0.1) is 0 Å². The maximum atomic E-state index is 5.57. The van der Waals surface area contributed by atoms with Crippen molar-refractivity contribution in [2.45, 2.75) is 23.7 Å². The Labute approximate surface area is 116 Å². The average molecular weight is 310 g/mol. The molecular formula is C12H19AsN4O. The first-order valence-corrected chi connectivity index (χ1v) is 7.90. The first-order chi connectivity index (χ1) is 8.81. The molecule has 0 aliphatic carbocycles. The van der Waals surface area contributed by atoms with Gasteiger partial charge in [-0.25, -0.2) is 0 Å². The van der Waals surface area contributed by atoms with Gasteiger partial charge >= 0.3 is 116 Å². The van der Waals surface area contributed by atoms with Crippen LogP contribution >= 0.6 is 0 Å². The minimum absolute atomic E-state index is 0.323. The summed E-state index contributed by atoms with van der Waals surface area (Å²) in [4.78, 5) is 11.1. The molecule has 3 rings (SSSR count). The zero-order valence-corrected chi connectivity index (χ0v) is 12.8. The number of aromatic nitrogens is 2. The summed E-state index contributed by atoms with van der Waals surface area (Å²) in [7, 11) is 0. The van der Waals surface area contributed by atoms with E-state index in [1.54, 1.807) is 0 Å². The van der Waals surface area contributed by atoms with Gasteiger partial charge in [0.1, 0.15) is 0 Å². The molecule has 0 saturated carbocycles. The SMILES string of the molecule is [AsH2]C1CN(c2ccnc(NCC3CCCO3)n2)C1. The second-order valence-corrected chi connectivity index (χ2v) is 6.90. The fourth-order valence-corrected chi connectivity index (χ4v) is 3.39. The Morgan fingerprint density at radius 1 is 1.50 bits per heavy atom. The number of anilines is 2. The van der Waals surface area contributed by atoms with Crippen LogP contribution in [-0.2, 0) is 4.74 Å². The molecule has 3 heterocycles. The van der Waals surface area contributed by atoms with Crippen LogP contribution in [0.1, 0.15) is 12.8 Å². The molecule has 2 fully saturated rings. The number of nitrogens with one attached hydrogen (secondary N) is 1. The van der Waals surface area contributed by atoms with E-state index in [0.717, 1.165) is 43.2 Å². The molecule has 0 amide bonds. The van der Waals surface area contributed by atoms with Crippen LogP contribution in [-0.4, -0.2) is 59.2 Å². The maximum absolute atomic E-state index is 5.57. The number of hydrogen-bond acceptors (Lipinski definition) is 5. The monoisotopic (exact) mass is 310 g/mol. The molecule has 2 aliphatic rings. The van der Waals surface area contributed by atoms with E-state index in [1.165, 1.54) is 6.42 Å². The Kier molecular flexibility index (Phi) is 3.71. The summed E-state index contributed by atoms with van der Waals surface area (Å²) in [5.41, 5.74) is 0. The number of ether oxygens (including phenoxy) is 1. The summed E-state index contributed by atoms with van der Waals surface area (Å²) in [5.74, 6) is 1.75. The molecule has 18 heavy (non-hydrogen) atoms. The molecule has 6 heteroatoms. The van der Waals surface area contributed by atoms with E-state index in [4.69, 9.17) is 4.74 Å². The summed E-state index contributed by atoms with van der Waals surface area (Å²) in [5, 5.41) is 3.27. The molecule has 98 valence electrons. The normalized spacial score (nSPS) is 24.1. The van der Waals surface area contributed by atoms with Gasteiger partial charge in [0.05, 0.1) is 0 Å². The molecule has 2 atom stereocenters. The second kappa shape index (κ2) is 5.45. The molecule has 2 unspecified atom stereocenters. The van der Waals surface area contributed by atoms with Crippen LogP contribution in [0.15, 0.2) is 12.3 Å². The van der Waals surface area contributed by atoms with Crippen molar-refractivity contribution >= 4 is 28.6 Å². The van der Waals surface area contributed by atoms with Crippen molar-refractivity contribution in [2.24, 2.45) is 0 Å². The van der Waals surface area contributed by atoms with Crippen LogP contribution in [0.4, 0.5) is 11.8 Å². The minimum atomic E-state index is 0.323. The van der Waals surface area contributed by atoms with Gasteiger partial charge in [-0.15, -0.1) is 0 Å². The van der Waals surface area contributed by atoms with Crippen LogP contribution in [0.3, 0.4) is 0 Å². The first-order valence-electron chi connectivity index (χ1n) is 6.50. The molecule has 0 bridgehead atoms. The summed E-state index contributed by atoms with van der Waals surface area (Å²) in [6, 6.07) is 1.98. The van der Waals surface area contributed by atoms with Gasteiger partial charge in [0, 0.05) is 0 Å². The molecule has 1 aromatic rings. The van der Waals surface area contributed by atoms with E-state index in [2.05, 4.69) is 20.2 Å². The molecule has 0 spiro atoms. The van der Waals surface area contributed by atoms with Gasteiger partial charge < -0.3 is 0 Å². The molecule has 0 radical (unpaired) electrons. The third kappa shape index (κ3) is 2.78. The Morgan fingerprint density at radius 3 is 3.11 bits per heavy atom. The zero-order chi connectivity index (χ0) is 12.4. The van der Waals surface area contributed by atoms with Crippen LogP contribution < -0.4 is 10.2 Å². The Bertz CT molecular complexity index is 405. The predicted molar refractivity (Wildman–Crippen MR) is 74.0 cm³/mol. The van der Waals surface area contributed by atoms with Crippen LogP contribution in [0.5, 0.6) is 0 Å². The topological polar surface area (TPSA) is 50.3 Å². The zero-order valence-electron chi connectivity index (χ0n) is 10.4. The van der Waals surface area contributed by atoms with Gasteiger partial charge in [-0.2, -0.15) is 0 Å². The molecular weight excluding hydrogens is 291 g/mol. The average Bonchev–Trinajstić information content (AvgIpc) is 2.86. The van der Waals surface area contributed by atoms with Crippen molar-refractivity contribution in [1.82, 2.24) is 9.97 Å². The molecule has 0 aromatic carbocycles. The van der Waals surface area contributed by atoms with E-state index in [0.29, 0.717) is 12.1 Å². The van der Waals surface area contributed by atoms with Crippen molar-refractivity contribution in [1.29, 1.82) is 0 Å². The number of nitrogens with zero attached hydrogens (tertiary/aromatic N) is 3. The Hall–Kier alpha value is -0.802. The second-order valence-electron chi connectivity index (χ2n) is 4.92. The van der Waals surface area contributed by atoms with Crippen molar-refractivity contribution in [3.8, 4) is 0 Å². The van der Waals surface area contributed by atoms with E-state index < -0.39 is 0 Å². The number of rotatable bonds is 4. The van der Waals surface area contributed by atoms with Gasteiger partial charge in [-0.1, -0.05) is 0 Å². The van der Waals surface area contributed by atoms with E-state index >= 15 is 0 Å². The quantitative estimate of drug-likeness (QED) is 0.811. The van der Waals surface area contributed by atoms with Crippen LogP contribution in [0.25, 0.3) is 0 Å². The van der Waals surface area contributed by atoms with Crippen LogP contribution in [0.2, 0.25) is 4.71 Å².